The van der Waals surface area contributed by atoms with Crippen LogP contribution in [0.15, 0.2) is 71.2 Å². The molecule has 3 aromatic rings. The third-order valence-electron chi connectivity index (χ3n) is 6.39. The average molecular weight is 571 g/mol. The van der Waals surface area contributed by atoms with Crippen LogP contribution < -0.4 is 19.8 Å². The van der Waals surface area contributed by atoms with Crippen LogP contribution in [-0.2, 0) is 9.59 Å². The van der Waals surface area contributed by atoms with E-state index in [1.54, 1.807) is 66.7 Å². The van der Waals surface area contributed by atoms with Gasteiger partial charge in [-0.1, -0.05) is 57.9 Å². The zero-order valence-electron chi connectivity index (χ0n) is 19.3. The molecule has 2 heterocycles. The average Bonchev–Trinajstić information content (AvgIpc) is 3.40. The molecule has 2 fully saturated rings. The first-order valence-electron chi connectivity index (χ1n) is 11.1. The zero-order chi connectivity index (χ0) is 25.6. The summed E-state index contributed by atoms with van der Waals surface area (Å²) in [5, 5.41) is 1.50. The van der Waals surface area contributed by atoms with Crippen molar-refractivity contribution in [3.05, 3.63) is 87.4 Å². The van der Waals surface area contributed by atoms with Crippen molar-refractivity contribution in [3.8, 4) is 11.5 Å². The number of benzene rings is 3. The summed E-state index contributed by atoms with van der Waals surface area (Å²) in [4.78, 5) is 42.3. The fourth-order valence-corrected chi connectivity index (χ4v) is 5.44. The second kappa shape index (κ2) is 9.57. The molecule has 0 unspecified atom stereocenters. The number of hydrogen-bond acceptors (Lipinski definition) is 6. The van der Waals surface area contributed by atoms with Gasteiger partial charge in [-0.05, 0) is 36.4 Å². The minimum atomic E-state index is -1.10. The summed E-state index contributed by atoms with van der Waals surface area (Å²) in [6.45, 7) is 0. The monoisotopic (exact) mass is 569 g/mol. The number of para-hydroxylation sites is 2. The Morgan fingerprint density at radius 2 is 1.72 bits per heavy atom. The van der Waals surface area contributed by atoms with Crippen LogP contribution in [0.3, 0.4) is 0 Å². The van der Waals surface area contributed by atoms with Crippen LogP contribution in [0.25, 0.3) is 0 Å². The molecule has 8 nitrogen and oxygen atoms in total. The van der Waals surface area contributed by atoms with Gasteiger partial charge in [0, 0.05) is 15.6 Å². The van der Waals surface area contributed by atoms with Gasteiger partial charge in [0.15, 0.2) is 11.5 Å². The van der Waals surface area contributed by atoms with Crippen LogP contribution in [0.4, 0.5) is 5.69 Å². The smallest absolute Gasteiger partial charge is 0.268 e. The first-order chi connectivity index (χ1) is 17.4. The molecule has 0 saturated carbocycles. The summed E-state index contributed by atoms with van der Waals surface area (Å²) in [5.74, 6) is -1.51. The third kappa shape index (κ3) is 3.84. The lowest BCUT2D eigenvalue weighted by molar-refractivity contribution is -0.123. The number of amides is 3. The van der Waals surface area contributed by atoms with Gasteiger partial charge in [-0.15, -0.1) is 0 Å². The van der Waals surface area contributed by atoms with Crippen LogP contribution in [0.5, 0.6) is 11.5 Å². The Balaban J connectivity index is 1.64. The number of methoxy groups -OCH3 is 2. The lowest BCUT2D eigenvalue weighted by Gasteiger charge is -2.26. The first kappa shape index (κ1) is 24.3. The number of nitrogens with one attached hydrogen (secondary N) is 1. The number of nitrogens with zero attached hydrogens (tertiary/aromatic N) is 2. The maximum absolute atomic E-state index is 13.8. The highest BCUT2D eigenvalue weighted by Gasteiger charge is 2.61. The van der Waals surface area contributed by atoms with Gasteiger partial charge in [-0.3, -0.25) is 19.4 Å². The quantitative estimate of drug-likeness (QED) is 0.458. The molecule has 0 bridgehead atoms. The van der Waals surface area contributed by atoms with Gasteiger partial charge >= 0.3 is 0 Å². The normalized spacial score (nSPS) is 21.1. The maximum atomic E-state index is 13.8. The molecule has 0 radical (unpaired) electrons. The third-order valence-corrected chi connectivity index (χ3v) is 7.20. The molecular formula is C26H21BrClN3O5. The van der Waals surface area contributed by atoms with E-state index in [1.807, 2.05) is 0 Å². The summed E-state index contributed by atoms with van der Waals surface area (Å²) >= 11 is 9.74. The van der Waals surface area contributed by atoms with E-state index in [9.17, 15) is 14.4 Å². The fraction of sp³-hybridized carbons (Fsp3) is 0.192. The number of imide groups is 1. The van der Waals surface area contributed by atoms with Crippen molar-refractivity contribution < 1.29 is 23.9 Å². The number of hydrazine groups is 1. The van der Waals surface area contributed by atoms with Crippen LogP contribution in [0.1, 0.15) is 22.0 Å². The van der Waals surface area contributed by atoms with Gasteiger partial charge in [0.2, 0.25) is 5.91 Å². The second-order valence-electron chi connectivity index (χ2n) is 8.31. The molecule has 0 spiro atoms. The molecule has 3 amide bonds. The number of hydrogen-bond donors (Lipinski definition) is 1. The topological polar surface area (TPSA) is 88.2 Å². The minimum absolute atomic E-state index is 0.257. The molecule has 10 heteroatoms. The molecule has 3 atom stereocenters. The molecular weight excluding hydrogens is 550 g/mol. The molecule has 2 saturated heterocycles. The molecule has 0 aliphatic carbocycles. The van der Waals surface area contributed by atoms with E-state index in [-0.39, 0.29) is 10.7 Å². The Hall–Kier alpha value is -3.40. The molecule has 5 rings (SSSR count). The van der Waals surface area contributed by atoms with Gasteiger partial charge in [-0.25, -0.2) is 10.3 Å². The van der Waals surface area contributed by atoms with Gasteiger partial charge in [0.25, 0.3) is 11.8 Å². The number of carbonyl (C=O) groups excluding carboxylic acids is 3. The summed E-state index contributed by atoms with van der Waals surface area (Å²) in [7, 11) is 3.01. The van der Waals surface area contributed by atoms with Gasteiger partial charge < -0.3 is 9.47 Å². The van der Waals surface area contributed by atoms with Gasteiger partial charge in [-0.2, -0.15) is 0 Å². The Labute approximate surface area is 220 Å². The highest BCUT2D eigenvalue weighted by atomic mass is 79.9. The summed E-state index contributed by atoms with van der Waals surface area (Å²) in [5.41, 5.74) is 4.34. The molecule has 36 heavy (non-hydrogen) atoms. The summed E-state index contributed by atoms with van der Waals surface area (Å²) in [6, 6.07) is 16.9. The van der Waals surface area contributed by atoms with Crippen molar-refractivity contribution in [3.63, 3.8) is 0 Å². The van der Waals surface area contributed by atoms with Crippen LogP contribution in [0.2, 0.25) is 5.02 Å². The van der Waals surface area contributed by atoms with Crippen molar-refractivity contribution in [1.29, 1.82) is 0 Å². The van der Waals surface area contributed by atoms with E-state index in [0.29, 0.717) is 27.1 Å². The van der Waals surface area contributed by atoms with E-state index < -0.39 is 35.7 Å². The molecule has 184 valence electrons. The number of ether oxygens (including phenoxy) is 2. The molecule has 1 N–H and O–H groups in total. The van der Waals surface area contributed by atoms with Crippen LogP contribution >= 0.6 is 27.5 Å². The predicted octanol–water partition coefficient (Wildman–Crippen LogP) is 4.38. The Morgan fingerprint density at radius 3 is 2.42 bits per heavy atom. The standard InChI is InChI=1S/C26H21BrClN3O5/c1-35-19-12-6-9-16(23(19)36-2)21-20-22(31(29-21)24(32)14-7-5-8-15(27)13-14)26(34)30(25(20)33)18-11-4-3-10-17(18)28/h3-13,20-22,29H,1-2H3/t20-,21-,22-/m0/s1. The summed E-state index contributed by atoms with van der Waals surface area (Å²) in [6.07, 6.45) is 0. The van der Waals surface area contributed by atoms with Gasteiger partial charge in [0.1, 0.15) is 6.04 Å². The summed E-state index contributed by atoms with van der Waals surface area (Å²) < 4.78 is 11.8. The zero-order valence-corrected chi connectivity index (χ0v) is 21.6. The number of fused-ring (bicyclic) bond motifs is 1. The Morgan fingerprint density at radius 1 is 0.972 bits per heavy atom. The van der Waals surface area contributed by atoms with E-state index >= 15 is 0 Å². The highest BCUT2D eigenvalue weighted by molar-refractivity contribution is 9.10. The van der Waals surface area contributed by atoms with E-state index in [4.69, 9.17) is 21.1 Å². The highest BCUT2D eigenvalue weighted by Crippen LogP contribution is 2.47. The molecule has 2 aliphatic heterocycles. The van der Waals surface area contributed by atoms with Crippen molar-refractivity contribution in [2.24, 2.45) is 5.92 Å². The molecule has 2 aliphatic rings. The number of anilines is 1. The first-order valence-corrected chi connectivity index (χ1v) is 12.2. The van der Waals surface area contributed by atoms with Crippen molar-refractivity contribution in [2.75, 3.05) is 19.1 Å². The number of rotatable bonds is 5. The Kier molecular flexibility index (Phi) is 6.46. The lowest BCUT2D eigenvalue weighted by atomic mass is 9.90. The fourth-order valence-electron chi connectivity index (χ4n) is 4.82. The largest absolute Gasteiger partial charge is 0.493 e. The van der Waals surface area contributed by atoms with Crippen molar-refractivity contribution in [1.82, 2.24) is 10.4 Å². The molecule has 3 aromatic carbocycles. The van der Waals surface area contributed by atoms with E-state index in [1.165, 1.54) is 19.2 Å². The van der Waals surface area contributed by atoms with Crippen molar-refractivity contribution in [2.45, 2.75) is 12.1 Å². The van der Waals surface area contributed by atoms with Gasteiger partial charge in [0.05, 0.1) is 36.9 Å². The van der Waals surface area contributed by atoms with Crippen molar-refractivity contribution >= 4 is 50.9 Å². The Bertz CT molecular complexity index is 1380. The van der Waals surface area contributed by atoms with E-state index in [0.717, 1.165) is 4.90 Å². The SMILES string of the molecule is COc1cccc([C@@H]2NN(C(=O)c3cccc(Br)c3)[C@@H]3C(=O)N(c4ccccc4Cl)C(=O)[C@H]32)c1OC. The van der Waals surface area contributed by atoms with Crippen LogP contribution in [0, 0.1) is 5.92 Å². The maximum Gasteiger partial charge on any atom is 0.268 e. The molecule has 0 aromatic heterocycles. The number of carbonyl (C=O) groups is 3. The van der Waals surface area contributed by atoms with E-state index in [2.05, 4.69) is 21.4 Å². The lowest BCUT2D eigenvalue weighted by Crippen LogP contribution is -2.48. The van der Waals surface area contributed by atoms with Crippen LogP contribution in [-0.4, -0.2) is 43.0 Å². The number of halogens is 2. The minimum Gasteiger partial charge on any atom is -0.493 e. The predicted molar refractivity (Wildman–Crippen MR) is 137 cm³/mol. The second-order valence-corrected chi connectivity index (χ2v) is 9.63.